The van der Waals surface area contributed by atoms with Crippen molar-refractivity contribution in [2.45, 2.75) is 24.9 Å². The highest BCUT2D eigenvalue weighted by Crippen LogP contribution is 2.41. The van der Waals surface area contributed by atoms with Crippen LogP contribution in [0.15, 0.2) is 24.3 Å². The summed E-state index contributed by atoms with van der Waals surface area (Å²) in [7, 11) is 0. The van der Waals surface area contributed by atoms with E-state index in [1.165, 1.54) is 0 Å². The van der Waals surface area contributed by atoms with Gasteiger partial charge in [-0.25, -0.2) is 0 Å². The summed E-state index contributed by atoms with van der Waals surface area (Å²) in [6, 6.07) is 6.98. The fourth-order valence-electron chi connectivity index (χ4n) is 2.58. The number of amides is 1. The molecule has 1 fully saturated rings. The van der Waals surface area contributed by atoms with E-state index in [1.54, 1.807) is 24.3 Å². The van der Waals surface area contributed by atoms with Crippen molar-refractivity contribution in [1.82, 2.24) is 4.90 Å². The summed E-state index contributed by atoms with van der Waals surface area (Å²) in [5, 5.41) is 0. The predicted octanol–water partition coefficient (Wildman–Crippen LogP) is 2.03. The van der Waals surface area contributed by atoms with Crippen LogP contribution in [0.2, 0.25) is 0 Å². The number of fused-ring (bicyclic) bond motifs is 3. The minimum atomic E-state index is -4.63. The van der Waals surface area contributed by atoms with Crippen LogP contribution >= 0.6 is 0 Å². The lowest BCUT2D eigenvalue weighted by Gasteiger charge is -2.25. The fourth-order valence-corrected chi connectivity index (χ4v) is 2.58. The van der Waals surface area contributed by atoms with Crippen LogP contribution in [0.1, 0.15) is 17.0 Å². The Morgan fingerprint density at radius 2 is 2.00 bits per heavy atom. The van der Waals surface area contributed by atoms with E-state index in [-0.39, 0.29) is 11.5 Å². The number of carbonyl (C=O) groups is 1. The molecule has 0 saturated carbocycles. The van der Waals surface area contributed by atoms with E-state index in [4.69, 9.17) is 4.74 Å². The first-order chi connectivity index (χ1) is 8.48. The van der Waals surface area contributed by atoms with Crippen LogP contribution in [0, 0.1) is 0 Å². The van der Waals surface area contributed by atoms with Crippen LogP contribution in [-0.4, -0.2) is 29.8 Å². The minimum Gasteiger partial charge on any atom is -0.370 e. The van der Waals surface area contributed by atoms with Gasteiger partial charge in [-0.3, -0.25) is 9.69 Å². The number of hydrogen-bond donors (Lipinski definition) is 0. The van der Waals surface area contributed by atoms with Crippen molar-refractivity contribution in [3.63, 3.8) is 0 Å². The van der Waals surface area contributed by atoms with Gasteiger partial charge in [0.1, 0.15) is 0 Å². The number of alkyl halides is 3. The Morgan fingerprint density at radius 1 is 1.28 bits per heavy atom. The normalized spacial score (nSPS) is 27.1. The highest BCUT2D eigenvalue weighted by molar-refractivity contribution is 5.87. The smallest absolute Gasteiger partial charge is 0.370 e. The Morgan fingerprint density at radius 3 is 2.72 bits per heavy atom. The highest BCUT2D eigenvalue weighted by atomic mass is 19.4. The molecule has 3 rings (SSSR count). The van der Waals surface area contributed by atoms with Gasteiger partial charge in [0.2, 0.25) is 5.91 Å². The average Bonchev–Trinajstić information content (AvgIpc) is 2.67. The molecule has 2 aliphatic rings. The van der Waals surface area contributed by atoms with Gasteiger partial charge in [0, 0.05) is 0 Å². The van der Waals surface area contributed by atoms with E-state index >= 15 is 0 Å². The predicted molar refractivity (Wildman–Crippen MR) is 55.5 cm³/mol. The maximum absolute atomic E-state index is 12.7. The molecule has 3 nitrogen and oxygen atoms in total. The van der Waals surface area contributed by atoms with E-state index < -0.39 is 30.8 Å². The molecule has 18 heavy (non-hydrogen) atoms. The number of halogens is 3. The molecule has 0 aliphatic carbocycles. The van der Waals surface area contributed by atoms with Crippen molar-refractivity contribution in [1.29, 1.82) is 0 Å². The molecule has 6 heteroatoms. The second-order valence-corrected chi connectivity index (χ2v) is 4.44. The van der Waals surface area contributed by atoms with Crippen molar-refractivity contribution in [3.05, 3.63) is 35.4 Å². The van der Waals surface area contributed by atoms with Crippen molar-refractivity contribution in [2.75, 3.05) is 6.54 Å². The molecule has 2 atom stereocenters. The molecule has 2 heterocycles. The van der Waals surface area contributed by atoms with E-state index in [2.05, 4.69) is 0 Å². The van der Waals surface area contributed by atoms with Crippen molar-refractivity contribution < 1.29 is 22.7 Å². The lowest BCUT2D eigenvalue weighted by Crippen LogP contribution is -2.39. The van der Waals surface area contributed by atoms with Gasteiger partial charge in [0.15, 0.2) is 0 Å². The summed E-state index contributed by atoms with van der Waals surface area (Å²) < 4.78 is 43.4. The first kappa shape index (κ1) is 11.5. The number of ether oxygens (including phenoxy) is 1. The average molecular weight is 257 g/mol. The molecule has 1 amide bonds. The lowest BCUT2D eigenvalue weighted by atomic mass is 9.89. The molecule has 0 bridgehead atoms. The zero-order valence-corrected chi connectivity index (χ0v) is 9.28. The molecule has 96 valence electrons. The summed E-state index contributed by atoms with van der Waals surface area (Å²) in [5.74, 6) is -1.74. The van der Waals surface area contributed by atoms with Gasteiger partial charge < -0.3 is 4.74 Å². The van der Waals surface area contributed by atoms with Gasteiger partial charge in [-0.2, -0.15) is 0 Å². The Kier molecular flexibility index (Phi) is 2.38. The van der Waals surface area contributed by atoms with Gasteiger partial charge >= 0.3 is 6.30 Å². The van der Waals surface area contributed by atoms with Gasteiger partial charge in [0.05, 0.1) is 25.2 Å². The molecule has 2 unspecified atom stereocenters. The summed E-state index contributed by atoms with van der Waals surface area (Å²) in [4.78, 5) is 11.8. The molecule has 0 spiro atoms. The van der Waals surface area contributed by atoms with Gasteiger partial charge in [0.25, 0.3) is 0 Å². The Labute approximate surface area is 101 Å². The third-order valence-electron chi connectivity index (χ3n) is 3.42. The van der Waals surface area contributed by atoms with E-state index in [0.717, 1.165) is 5.56 Å². The molecule has 0 aromatic heterocycles. The highest BCUT2D eigenvalue weighted by Gasteiger charge is 2.54. The number of carbonyl (C=O) groups excluding carboxylic acids is 1. The van der Waals surface area contributed by atoms with Gasteiger partial charge in [-0.05, 0) is 11.1 Å². The van der Waals surface area contributed by atoms with Crippen LogP contribution in [0.5, 0.6) is 0 Å². The maximum atomic E-state index is 12.7. The number of likely N-dealkylation sites (tertiary alicyclic amines) is 1. The molecular weight excluding hydrogens is 247 g/mol. The molecule has 1 aromatic carbocycles. The number of hydrogen-bond acceptors (Lipinski definition) is 2. The van der Waals surface area contributed by atoms with Crippen LogP contribution < -0.4 is 0 Å². The van der Waals surface area contributed by atoms with Crippen LogP contribution in [0.25, 0.3) is 0 Å². The van der Waals surface area contributed by atoms with Gasteiger partial charge in [-0.15, -0.1) is 13.2 Å². The molecule has 1 saturated heterocycles. The van der Waals surface area contributed by atoms with Crippen LogP contribution in [0.3, 0.4) is 0 Å². The number of nitrogens with zero attached hydrogens (tertiary/aromatic N) is 1. The summed E-state index contributed by atoms with van der Waals surface area (Å²) >= 11 is 0. The maximum Gasteiger partial charge on any atom is 0.487 e. The molecule has 0 radical (unpaired) electrons. The second-order valence-electron chi connectivity index (χ2n) is 4.44. The first-order valence-electron chi connectivity index (χ1n) is 5.56. The number of rotatable bonds is 0. The molecule has 1 aromatic rings. The minimum absolute atomic E-state index is 0.0512. The molecule has 0 N–H and O–H groups in total. The third kappa shape index (κ3) is 1.59. The second kappa shape index (κ2) is 3.71. The standard InChI is InChI=1S/C12H10F3NO2/c13-12(14,15)16-5-9-10(11(16)17)8-4-2-1-3-7(8)6-18-9/h1-4,9-10H,5-6H2. The van der Waals surface area contributed by atoms with Crippen LogP contribution in [0.4, 0.5) is 13.2 Å². The third-order valence-corrected chi connectivity index (χ3v) is 3.42. The summed E-state index contributed by atoms with van der Waals surface area (Å²) in [5.41, 5.74) is 1.45. The molecule has 2 aliphatic heterocycles. The van der Waals surface area contributed by atoms with Gasteiger partial charge in [-0.1, -0.05) is 24.3 Å². The fraction of sp³-hybridized carbons (Fsp3) is 0.417. The SMILES string of the molecule is O=C1C2c3ccccc3COC2CN1C(F)(F)F. The molecular formula is C12H10F3NO2. The van der Waals surface area contributed by atoms with Crippen molar-refractivity contribution in [2.24, 2.45) is 0 Å². The van der Waals surface area contributed by atoms with Crippen molar-refractivity contribution in [3.8, 4) is 0 Å². The zero-order valence-electron chi connectivity index (χ0n) is 9.28. The van der Waals surface area contributed by atoms with Crippen molar-refractivity contribution >= 4 is 5.91 Å². The lowest BCUT2D eigenvalue weighted by molar-refractivity contribution is -0.237. The summed E-state index contributed by atoms with van der Waals surface area (Å²) in [6.07, 6.45) is -5.33. The van der Waals surface area contributed by atoms with Crippen LogP contribution in [-0.2, 0) is 16.1 Å². The zero-order chi connectivity index (χ0) is 12.9. The Bertz CT molecular complexity index is 500. The largest absolute Gasteiger partial charge is 0.487 e. The van der Waals surface area contributed by atoms with E-state index in [9.17, 15) is 18.0 Å². The van der Waals surface area contributed by atoms with E-state index in [1.807, 2.05) is 0 Å². The topological polar surface area (TPSA) is 29.5 Å². The summed E-state index contributed by atoms with van der Waals surface area (Å²) in [6.45, 7) is -0.155. The monoisotopic (exact) mass is 257 g/mol. The Balaban J connectivity index is 2.00. The number of benzene rings is 1. The quantitative estimate of drug-likeness (QED) is 0.665. The Hall–Kier alpha value is -1.56. The van der Waals surface area contributed by atoms with E-state index in [0.29, 0.717) is 5.56 Å². The first-order valence-corrected chi connectivity index (χ1v) is 5.56.